The van der Waals surface area contributed by atoms with Gasteiger partial charge in [0.25, 0.3) is 0 Å². The lowest BCUT2D eigenvalue weighted by Crippen LogP contribution is -2.35. The van der Waals surface area contributed by atoms with Gasteiger partial charge in [0.2, 0.25) is 0 Å². The van der Waals surface area contributed by atoms with Crippen LogP contribution in [0.25, 0.3) is 16.8 Å². The van der Waals surface area contributed by atoms with Crippen molar-refractivity contribution in [3.05, 3.63) is 94.6 Å². The summed E-state index contributed by atoms with van der Waals surface area (Å²) in [5, 5.41) is 2.78. The van der Waals surface area contributed by atoms with Crippen LogP contribution in [0.5, 0.6) is 6.01 Å². The van der Waals surface area contributed by atoms with Crippen LogP contribution in [-0.4, -0.2) is 93.7 Å². The predicted molar refractivity (Wildman–Crippen MR) is 195 cm³/mol. The topological polar surface area (TPSA) is 105 Å². The Balaban J connectivity index is 1.15. The van der Waals surface area contributed by atoms with Gasteiger partial charge in [0.15, 0.2) is 9.84 Å². The fraction of sp³-hybridized carbons (Fsp3) is 0.378. The molecule has 0 saturated carbocycles. The van der Waals surface area contributed by atoms with Gasteiger partial charge >= 0.3 is 12.0 Å². The largest absolute Gasteiger partial charge is 0.462 e. The molecule has 0 spiro atoms. The summed E-state index contributed by atoms with van der Waals surface area (Å²) in [4.78, 5) is 28.3. The van der Waals surface area contributed by atoms with Crippen LogP contribution < -0.4 is 14.5 Å². The minimum atomic E-state index is -3.52. The van der Waals surface area contributed by atoms with Crippen LogP contribution in [0.4, 0.5) is 11.5 Å². The molecule has 1 atom stereocenters. The molecule has 3 heterocycles. The Hall–Kier alpha value is -4.19. The lowest BCUT2D eigenvalue weighted by molar-refractivity contribution is -0.137. The SMILES string of the molecule is CN(CCS(=O)(=O)CCOC(=O)C=Cc1ccccc1)c1nc(OCC2CCCN2C)nc2c1CCN(c1cccc3cccc(Cl)c13)C2. The molecule has 1 unspecified atom stereocenters. The molecule has 1 fully saturated rings. The van der Waals surface area contributed by atoms with Crippen molar-refractivity contribution >= 4 is 55.8 Å². The van der Waals surface area contributed by atoms with E-state index in [-0.39, 0.29) is 30.7 Å². The highest BCUT2D eigenvalue weighted by molar-refractivity contribution is 7.91. The van der Waals surface area contributed by atoms with Gasteiger partial charge in [0.05, 0.1) is 28.8 Å². The van der Waals surface area contributed by atoms with Gasteiger partial charge < -0.3 is 24.2 Å². The summed E-state index contributed by atoms with van der Waals surface area (Å²) >= 11 is 6.69. The minimum Gasteiger partial charge on any atom is -0.462 e. The van der Waals surface area contributed by atoms with E-state index in [9.17, 15) is 13.2 Å². The van der Waals surface area contributed by atoms with Crippen molar-refractivity contribution in [2.24, 2.45) is 0 Å². The second-order valence-electron chi connectivity index (χ2n) is 12.6. The quantitative estimate of drug-likeness (QED) is 0.132. The molecule has 2 aliphatic rings. The number of rotatable bonds is 13. The number of anilines is 2. The second-order valence-corrected chi connectivity index (χ2v) is 15.3. The van der Waals surface area contributed by atoms with Crippen molar-refractivity contribution < 1.29 is 22.7 Å². The Morgan fingerprint density at radius 2 is 1.84 bits per heavy atom. The van der Waals surface area contributed by atoms with E-state index in [1.165, 1.54) is 6.08 Å². The van der Waals surface area contributed by atoms with E-state index < -0.39 is 15.8 Å². The second kappa shape index (κ2) is 15.6. The van der Waals surface area contributed by atoms with Crippen molar-refractivity contribution in [1.29, 1.82) is 0 Å². The van der Waals surface area contributed by atoms with Crippen molar-refractivity contribution in [1.82, 2.24) is 14.9 Å². The predicted octanol–water partition coefficient (Wildman–Crippen LogP) is 5.43. The maximum absolute atomic E-state index is 13.0. The van der Waals surface area contributed by atoms with Gasteiger partial charge in [-0.05, 0) is 62.0 Å². The van der Waals surface area contributed by atoms with Crippen LogP contribution in [0.15, 0.2) is 72.8 Å². The molecule has 10 nitrogen and oxygen atoms in total. The fourth-order valence-corrected chi connectivity index (χ4v) is 7.78. The molecule has 3 aromatic carbocycles. The van der Waals surface area contributed by atoms with E-state index in [1.54, 1.807) is 6.08 Å². The summed E-state index contributed by atoms with van der Waals surface area (Å²) < 4.78 is 37.3. The normalized spacial score (nSPS) is 16.6. The number of aromatic nitrogens is 2. The molecule has 0 radical (unpaired) electrons. The van der Waals surface area contributed by atoms with Gasteiger partial charge in [-0.25, -0.2) is 13.2 Å². The molecule has 49 heavy (non-hydrogen) atoms. The highest BCUT2D eigenvalue weighted by atomic mass is 35.5. The maximum Gasteiger partial charge on any atom is 0.330 e. The first-order chi connectivity index (χ1) is 23.7. The molecule has 0 bridgehead atoms. The van der Waals surface area contributed by atoms with Crippen LogP contribution in [0.2, 0.25) is 5.02 Å². The number of benzene rings is 3. The molecule has 1 aromatic heterocycles. The number of likely N-dealkylation sites (N-methyl/N-ethyl adjacent to an activating group) is 1. The Morgan fingerprint density at radius 1 is 1.04 bits per heavy atom. The van der Waals surface area contributed by atoms with Gasteiger partial charge in [0.1, 0.15) is 19.0 Å². The average Bonchev–Trinajstić information content (AvgIpc) is 3.52. The highest BCUT2D eigenvalue weighted by Crippen LogP contribution is 2.36. The van der Waals surface area contributed by atoms with Crippen LogP contribution in [0, 0.1) is 0 Å². The zero-order valence-electron chi connectivity index (χ0n) is 27.9. The number of esters is 1. The highest BCUT2D eigenvalue weighted by Gasteiger charge is 2.28. The third-order valence-corrected chi connectivity index (χ3v) is 11.1. The minimum absolute atomic E-state index is 0.122. The summed E-state index contributed by atoms with van der Waals surface area (Å²) in [6.45, 7) is 2.76. The van der Waals surface area contributed by atoms with E-state index in [0.717, 1.165) is 59.2 Å². The number of ether oxygens (including phenoxy) is 2. The fourth-order valence-electron chi connectivity index (χ4n) is 6.40. The van der Waals surface area contributed by atoms with Gasteiger partial charge in [-0.3, -0.25) is 0 Å². The van der Waals surface area contributed by atoms with E-state index in [1.807, 2.05) is 60.5 Å². The molecule has 0 amide bonds. The molecular weight excluding hydrogens is 662 g/mol. The molecule has 1 saturated heterocycles. The number of carbonyl (C=O) groups is 1. The van der Waals surface area contributed by atoms with Crippen molar-refractivity contribution in [3.8, 4) is 6.01 Å². The number of sulfone groups is 1. The average molecular weight is 704 g/mol. The standard InChI is InChI=1S/C37H42ClN5O5S/c1-41-19-8-13-29(41)26-48-37-39-32-25-43(33-15-7-12-28-11-6-14-31(38)35(28)33)20-18-30(32)36(40-37)42(2)21-23-49(45,46)24-22-47-34(44)17-16-27-9-4-3-5-10-27/h3-7,9-12,14-17,29H,8,13,18-26H2,1-2H3. The van der Waals surface area contributed by atoms with Crippen LogP contribution in [-0.2, 0) is 32.3 Å². The Morgan fingerprint density at radius 3 is 2.61 bits per heavy atom. The Labute approximate surface area is 293 Å². The number of hydrogen-bond donors (Lipinski definition) is 0. The number of carbonyl (C=O) groups excluding carboxylic acids is 1. The third kappa shape index (κ3) is 8.70. The monoisotopic (exact) mass is 703 g/mol. The molecule has 0 N–H and O–H groups in total. The van der Waals surface area contributed by atoms with Gasteiger partial charge in [-0.2, -0.15) is 9.97 Å². The summed E-state index contributed by atoms with van der Waals surface area (Å²) in [6, 6.07) is 22.0. The van der Waals surface area contributed by atoms with Gasteiger partial charge in [-0.1, -0.05) is 66.2 Å². The number of halogens is 1. The molecule has 258 valence electrons. The first kappa shape index (κ1) is 34.7. The van der Waals surface area contributed by atoms with Crippen LogP contribution >= 0.6 is 11.6 Å². The third-order valence-electron chi connectivity index (χ3n) is 9.22. The summed E-state index contributed by atoms with van der Waals surface area (Å²) in [6.07, 6.45) is 5.79. The van der Waals surface area contributed by atoms with Gasteiger partial charge in [0, 0.05) is 48.9 Å². The zero-order chi connectivity index (χ0) is 34.4. The first-order valence-electron chi connectivity index (χ1n) is 16.6. The smallest absolute Gasteiger partial charge is 0.330 e. The molecular formula is C37H42ClN5O5S. The maximum atomic E-state index is 13.0. The van der Waals surface area contributed by atoms with E-state index in [4.69, 9.17) is 31.0 Å². The molecule has 12 heteroatoms. The summed E-state index contributed by atoms with van der Waals surface area (Å²) in [7, 11) is 0.426. The zero-order valence-corrected chi connectivity index (χ0v) is 29.5. The van der Waals surface area contributed by atoms with Crippen molar-refractivity contribution in [2.45, 2.75) is 31.8 Å². The lowest BCUT2D eigenvalue weighted by atomic mass is 10.0. The number of fused-ring (bicyclic) bond motifs is 2. The van der Waals surface area contributed by atoms with Crippen LogP contribution in [0.1, 0.15) is 29.7 Å². The van der Waals surface area contributed by atoms with Gasteiger partial charge in [-0.15, -0.1) is 0 Å². The molecule has 6 rings (SSSR count). The number of hydrogen-bond acceptors (Lipinski definition) is 10. The molecule has 0 aliphatic carbocycles. The van der Waals surface area contributed by atoms with E-state index in [2.05, 4.69) is 35.0 Å². The van der Waals surface area contributed by atoms with Crippen molar-refractivity contribution in [3.63, 3.8) is 0 Å². The summed E-state index contributed by atoms with van der Waals surface area (Å²) in [5.74, 6) is -0.300. The number of likely N-dealkylation sites (tertiary alicyclic amines) is 1. The Kier molecular flexibility index (Phi) is 11.0. The lowest BCUT2D eigenvalue weighted by Gasteiger charge is -2.33. The van der Waals surface area contributed by atoms with Crippen LogP contribution in [0.3, 0.4) is 0 Å². The molecule has 4 aromatic rings. The first-order valence-corrected chi connectivity index (χ1v) is 18.8. The van der Waals surface area contributed by atoms with E-state index in [0.29, 0.717) is 36.5 Å². The molecule has 2 aliphatic heterocycles. The van der Waals surface area contributed by atoms with E-state index >= 15 is 0 Å². The van der Waals surface area contributed by atoms with Crippen molar-refractivity contribution in [2.75, 3.05) is 68.2 Å². The Bertz CT molecular complexity index is 1920. The summed E-state index contributed by atoms with van der Waals surface area (Å²) in [5.41, 5.74) is 3.72. The number of nitrogens with zero attached hydrogens (tertiary/aromatic N) is 5.